The van der Waals surface area contributed by atoms with Crippen molar-refractivity contribution in [2.24, 2.45) is 42.3 Å². The number of furan rings is 6. The minimum Gasteiger partial charge on any atom is -0.467 e. The Labute approximate surface area is 820 Å². The van der Waals surface area contributed by atoms with E-state index in [2.05, 4.69) is 25.4 Å². The van der Waals surface area contributed by atoms with Crippen LogP contribution < -0.4 is 27.4 Å². The van der Waals surface area contributed by atoms with E-state index in [0.29, 0.717) is 167 Å². The van der Waals surface area contributed by atoms with Crippen LogP contribution in [0.5, 0.6) is 0 Å². The van der Waals surface area contributed by atoms with Crippen LogP contribution in [0.1, 0.15) is 44.5 Å². The fourth-order valence-electron chi connectivity index (χ4n) is 19.0. The molecular weight excluding hydrogens is 1820 g/mol. The zero-order chi connectivity index (χ0) is 101. The third kappa shape index (κ3) is 16.4. The first-order valence-electron chi connectivity index (χ1n) is 45.5. The van der Waals surface area contributed by atoms with Crippen molar-refractivity contribution in [2.45, 2.75) is 41.5 Å². The van der Waals surface area contributed by atoms with Crippen molar-refractivity contribution in [3.63, 3.8) is 0 Å². The Bertz CT molecular complexity index is 9630. The average molecular weight is 1900 g/mol. The first-order chi connectivity index (χ1) is 69.7. The smallest absolute Gasteiger partial charge is 0.229 e. The molecule has 0 amide bonds. The monoisotopic (exact) mass is 1900 g/mol. The third-order valence-electron chi connectivity index (χ3n) is 26.4. The van der Waals surface area contributed by atoms with Gasteiger partial charge in [0.1, 0.15) is 145 Å². The normalized spacial score (nSPS) is 11.1. The van der Waals surface area contributed by atoms with Gasteiger partial charge in [0, 0.05) is 171 Å². The summed E-state index contributed by atoms with van der Waals surface area (Å²) in [6.07, 6.45) is 11.5. The Kier molecular flexibility index (Phi) is 25.0. The Morgan fingerprint density at radius 3 is 1.08 bits per heavy atom. The second-order valence-electron chi connectivity index (χ2n) is 34.9. The Morgan fingerprint density at radius 2 is 0.604 bits per heavy atom. The van der Waals surface area contributed by atoms with Crippen molar-refractivity contribution in [2.75, 3.05) is 0 Å². The zero-order valence-corrected chi connectivity index (χ0v) is 79.8. The van der Waals surface area contributed by atoms with Crippen LogP contribution >= 0.6 is 0 Å². The number of halogens is 6. The van der Waals surface area contributed by atoms with Crippen molar-refractivity contribution < 1.29 is 80.2 Å². The van der Waals surface area contributed by atoms with Crippen LogP contribution in [0.3, 0.4) is 0 Å². The highest BCUT2D eigenvalue weighted by atomic mass is 19.1. The van der Waals surface area contributed by atoms with Gasteiger partial charge in [0.05, 0.1) is 76.9 Å². The number of nitrogens with zero attached hydrogens (tertiary/aromatic N) is 12. The highest BCUT2D eigenvalue weighted by molar-refractivity contribution is 6.18. The van der Waals surface area contributed by atoms with Crippen LogP contribution in [0.25, 0.3) is 219 Å². The molecule has 24 rings (SSSR count). The number of aryl methyl sites for hydroxylation is 6. The molecular formula is C120H84F6N12O6+6. The fourth-order valence-corrected chi connectivity index (χ4v) is 19.0. The molecule has 0 atom stereocenters. The number of benzene rings is 12. The molecule has 0 spiro atoms. The number of fused-ring (bicyclic) bond motifs is 18. The van der Waals surface area contributed by atoms with Gasteiger partial charge in [-0.15, -0.1) is 0 Å². The van der Waals surface area contributed by atoms with E-state index in [4.69, 9.17) is 52.8 Å². The van der Waals surface area contributed by atoms with Crippen molar-refractivity contribution in [3.05, 3.63) is 417 Å². The lowest BCUT2D eigenvalue weighted by Gasteiger charge is -2.08. The van der Waals surface area contributed by atoms with E-state index in [1.54, 1.807) is 108 Å². The van der Waals surface area contributed by atoms with Gasteiger partial charge in [-0.25, -0.2) is 73.1 Å². The predicted molar refractivity (Wildman–Crippen MR) is 545 cm³/mol. The van der Waals surface area contributed by atoms with Gasteiger partial charge < -0.3 is 26.5 Å². The molecule has 0 fully saturated rings. The second-order valence-corrected chi connectivity index (χ2v) is 34.9. The van der Waals surface area contributed by atoms with Gasteiger partial charge in [0.15, 0.2) is 54.1 Å². The molecule has 0 saturated heterocycles. The maximum Gasteiger partial charge on any atom is 0.229 e. The van der Waals surface area contributed by atoms with E-state index >= 15 is 0 Å². The van der Waals surface area contributed by atoms with Crippen molar-refractivity contribution in [1.82, 2.24) is 0 Å². The van der Waals surface area contributed by atoms with Crippen LogP contribution in [0.15, 0.2) is 318 Å². The Balaban J connectivity index is 0.000000109. The highest BCUT2D eigenvalue weighted by Gasteiger charge is 2.33. The molecule has 0 aliphatic carbocycles. The van der Waals surface area contributed by atoms with Gasteiger partial charge in [0.2, 0.25) is 45.5 Å². The number of rotatable bonds is 6. The molecule has 0 aliphatic rings. The van der Waals surface area contributed by atoms with Crippen molar-refractivity contribution >= 4 is 154 Å². The fraction of sp³-hybridized carbons (Fsp3) is 0.100. The largest absolute Gasteiger partial charge is 0.467 e. The average Bonchev–Trinajstić information content (AvgIpc) is 1.29. The lowest BCUT2D eigenvalue weighted by atomic mass is 9.96. The Morgan fingerprint density at radius 1 is 0.250 bits per heavy atom. The lowest BCUT2D eigenvalue weighted by molar-refractivity contribution is -0.660. The number of para-hydroxylation sites is 3. The molecule has 144 heavy (non-hydrogen) atoms. The number of aromatic nitrogens is 6. The van der Waals surface area contributed by atoms with Gasteiger partial charge in [0.25, 0.3) is 0 Å². The standard InChI is InChI=1S/6C20H14FN2O/c1-12-15(21)11-14-13-7-6-8-16(22-2)19(13)24-20(14)18(12)17-9-4-5-10-23(17)3;1-12-14(21)11-17-19(18(12)16-9-4-5-10-23(16)3)13-7-6-8-15(22-2)20(13)24-17;1-12-16(21)11-15-14-10-13(22-2)7-8-18(14)24-20(15)19(12)17-6-4-5-9-23(17)3;1-12-16(21)11-15-14-8-7-13(22-2)10-18(14)24-20(15)19(12)17-6-4-5-9-23(17)3;1-12-15(21)10-14-19-13(11-22)6-5-8-17(19)24-20(14)18(12)16-7-3-4-9-23(16)2;1-12-17(15-8-5-6-10-23(15)2)20-18(14(11-22)19(12)21)13-7-3-4-9-16(13)24-20/h4*4-11H,1,3H3;2*3-10H,1-2H3/q6*+1. The number of hydrogen-bond acceptors (Lipinski definition) is 8. The summed E-state index contributed by atoms with van der Waals surface area (Å²) in [6.45, 7) is 39.4. The molecule has 0 bridgehead atoms. The maximum absolute atomic E-state index is 14.9. The van der Waals surface area contributed by atoms with Gasteiger partial charge in [-0.05, 0) is 144 Å². The van der Waals surface area contributed by atoms with Crippen LogP contribution in [-0.4, -0.2) is 0 Å². The van der Waals surface area contributed by atoms with E-state index in [9.17, 15) is 36.9 Å². The van der Waals surface area contributed by atoms with Gasteiger partial charge >= 0.3 is 0 Å². The number of hydrogen-bond donors (Lipinski definition) is 0. The molecule has 0 N–H and O–H groups in total. The summed E-state index contributed by atoms with van der Waals surface area (Å²) in [5.41, 5.74) is 22.2. The van der Waals surface area contributed by atoms with Crippen LogP contribution in [-0.2, 0) is 42.3 Å². The van der Waals surface area contributed by atoms with E-state index in [1.807, 2.05) is 271 Å². The number of nitriles is 2. The van der Waals surface area contributed by atoms with Crippen LogP contribution in [0.2, 0.25) is 0 Å². The molecule has 696 valence electrons. The zero-order valence-electron chi connectivity index (χ0n) is 79.8. The van der Waals surface area contributed by atoms with Crippen LogP contribution in [0, 0.1) is 125 Å². The van der Waals surface area contributed by atoms with E-state index < -0.39 is 5.82 Å². The molecule has 18 nitrogen and oxygen atoms in total. The minimum absolute atomic E-state index is 0.0368. The summed E-state index contributed by atoms with van der Waals surface area (Å²) in [5, 5.41) is 27.6. The molecule has 0 radical (unpaired) electrons. The highest BCUT2D eigenvalue weighted by Crippen LogP contribution is 2.48. The summed E-state index contributed by atoms with van der Waals surface area (Å²) in [7, 11) is 11.5. The van der Waals surface area contributed by atoms with Crippen molar-refractivity contribution in [1.29, 1.82) is 10.5 Å². The molecule has 12 aromatic heterocycles. The first-order valence-corrected chi connectivity index (χ1v) is 45.5. The summed E-state index contributed by atoms with van der Waals surface area (Å²) < 4.78 is 136. The predicted octanol–water partition coefficient (Wildman–Crippen LogP) is 29.1. The lowest BCUT2D eigenvalue weighted by Crippen LogP contribution is -2.30. The van der Waals surface area contributed by atoms with Crippen LogP contribution in [0.4, 0.5) is 49.1 Å². The van der Waals surface area contributed by atoms with E-state index in [-0.39, 0.29) is 34.6 Å². The van der Waals surface area contributed by atoms with Gasteiger partial charge in [-0.3, -0.25) is 0 Å². The van der Waals surface area contributed by atoms with E-state index in [0.717, 1.165) is 94.1 Å². The summed E-state index contributed by atoms with van der Waals surface area (Å²) in [6, 6.07) is 80.2. The van der Waals surface area contributed by atoms with Gasteiger partial charge in [-0.1, -0.05) is 78.9 Å². The Hall–Kier alpha value is -19.1. The SMILES string of the molecule is Cc1c(F)c(C#N)c2c(oc3ccccc32)c1-c1cccc[n+]1C.Cc1c(F)cc2c(oc3cccc(C#N)c32)c1-c1cccc[n+]1C.[C-]#[N+]c1ccc2c(c1)oc1c(-c3cccc[n+]3C)c(C)c(F)cc12.[C-]#[N+]c1ccc2oc3c(-c4cccc[n+]4C)c(C)c(F)cc3c2c1.[C-]#[N+]c1cccc2c1oc1c(-c3cccc[n+]3C)c(C)c(F)cc12.[C-]#[N+]c1cccc2c1oc1cc(F)c(C)c(-c3cccc[n+]3C)c12. The molecule has 12 aromatic carbocycles. The number of pyridine rings is 6. The molecule has 24 aromatic rings. The summed E-state index contributed by atoms with van der Waals surface area (Å²) in [5.74, 6) is -1.94. The second kappa shape index (κ2) is 38.3. The molecule has 0 saturated carbocycles. The van der Waals surface area contributed by atoms with Gasteiger partial charge in [-0.2, -0.15) is 10.5 Å². The molecule has 24 heteroatoms. The molecule has 12 heterocycles. The summed E-state index contributed by atoms with van der Waals surface area (Å²) in [4.78, 5) is 13.9. The van der Waals surface area contributed by atoms with Crippen molar-refractivity contribution in [3.8, 4) is 79.7 Å². The summed E-state index contributed by atoms with van der Waals surface area (Å²) >= 11 is 0. The maximum atomic E-state index is 14.9. The minimum atomic E-state index is -0.490. The molecule has 0 aliphatic heterocycles. The third-order valence-corrected chi connectivity index (χ3v) is 26.4. The quantitative estimate of drug-likeness (QED) is 0.0901. The molecule has 0 unspecified atom stereocenters. The topological polar surface area (TPSA) is 167 Å². The first kappa shape index (κ1) is 93.9. The van der Waals surface area contributed by atoms with E-state index in [1.165, 1.54) is 30.3 Å².